The summed E-state index contributed by atoms with van der Waals surface area (Å²) in [5.74, 6) is 0. The first-order chi connectivity index (χ1) is 9.78. The van der Waals surface area contributed by atoms with Gasteiger partial charge in [0.05, 0.1) is 6.04 Å². The third kappa shape index (κ3) is 4.03. The Morgan fingerprint density at radius 1 is 1.38 bits per heavy atom. The lowest BCUT2D eigenvalue weighted by Gasteiger charge is -2.37. The van der Waals surface area contributed by atoms with E-state index in [1.54, 1.807) is 11.0 Å². The van der Waals surface area contributed by atoms with Crippen molar-refractivity contribution in [1.82, 2.24) is 4.90 Å². The molecule has 1 saturated heterocycles. The summed E-state index contributed by atoms with van der Waals surface area (Å²) < 4.78 is 5.51. The first kappa shape index (κ1) is 16.0. The number of amides is 1. The van der Waals surface area contributed by atoms with Crippen molar-refractivity contribution in [2.24, 2.45) is 0 Å². The van der Waals surface area contributed by atoms with Gasteiger partial charge in [0.25, 0.3) is 0 Å². The SMILES string of the molecule is CC(C)(C)OC(=O)N1CCCCC1c1ccc(N)cc1Cl. The van der Waals surface area contributed by atoms with Crippen LogP contribution in [0.2, 0.25) is 5.02 Å². The van der Waals surface area contributed by atoms with Crippen molar-refractivity contribution in [2.45, 2.75) is 51.7 Å². The van der Waals surface area contributed by atoms with E-state index in [4.69, 9.17) is 22.1 Å². The largest absolute Gasteiger partial charge is 0.444 e. The third-order valence-electron chi connectivity index (χ3n) is 3.51. The molecule has 1 aromatic rings. The summed E-state index contributed by atoms with van der Waals surface area (Å²) in [5.41, 5.74) is 6.82. The van der Waals surface area contributed by atoms with Gasteiger partial charge >= 0.3 is 6.09 Å². The minimum absolute atomic E-state index is 0.0401. The van der Waals surface area contributed by atoms with E-state index in [9.17, 15) is 4.79 Å². The van der Waals surface area contributed by atoms with E-state index in [2.05, 4.69) is 0 Å². The average Bonchev–Trinajstić information content (AvgIpc) is 2.37. The maximum absolute atomic E-state index is 12.4. The van der Waals surface area contributed by atoms with Crippen LogP contribution in [0.4, 0.5) is 10.5 Å². The number of nitrogens with zero attached hydrogens (tertiary/aromatic N) is 1. The predicted octanol–water partition coefficient (Wildman–Crippen LogP) is 4.38. The molecule has 0 aliphatic carbocycles. The number of likely N-dealkylation sites (tertiary alicyclic amines) is 1. The molecule has 0 bridgehead atoms. The van der Waals surface area contributed by atoms with Gasteiger partial charge < -0.3 is 15.4 Å². The number of carbonyl (C=O) groups excluding carboxylic acids is 1. The Kier molecular flexibility index (Phi) is 4.67. The van der Waals surface area contributed by atoms with Crippen LogP contribution in [0.1, 0.15) is 51.6 Å². The van der Waals surface area contributed by atoms with Crippen LogP contribution in [0.5, 0.6) is 0 Å². The summed E-state index contributed by atoms with van der Waals surface area (Å²) in [5, 5.41) is 0.607. The number of rotatable bonds is 1. The Morgan fingerprint density at radius 3 is 2.71 bits per heavy atom. The van der Waals surface area contributed by atoms with Gasteiger partial charge in [-0.1, -0.05) is 17.7 Å². The molecule has 1 fully saturated rings. The van der Waals surface area contributed by atoms with Gasteiger partial charge in [-0.05, 0) is 57.7 Å². The summed E-state index contributed by atoms with van der Waals surface area (Å²) in [7, 11) is 0. The summed E-state index contributed by atoms with van der Waals surface area (Å²) in [4.78, 5) is 14.2. The van der Waals surface area contributed by atoms with Gasteiger partial charge in [-0.15, -0.1) is 0 Å². The minimum atomic E-state index is -0.496. The summed E-state index contributed by atoms with van der Waals surface area (Å²) in [6.45, 7) is 6.32. The van der Waals surface area contributed by atoms with Gasteiger partial charge in [0.1, 0.15) is 5.60 Å². The maximum atomic E-state index is 12.4. The van der Waals surface area contributed by atoms with Crippen LogP contribution in [-0.2, 0) is 4.74 Å². The normalized spacial score (nSPS) is 19.4. The highest BCUT2D eigenvalue weighted by atomic mass is 35.5. The van der Waals surface area contributed by atoms with Crippen molar-refractivity contribution in [3.8, 4) is 0 Å². The highest BCUT2D eigenvalue weighted by Gasteiger charge is 2.32. The van der Waals surface area contributed by atoms with Crippen molar-refractivity contribution in [1.29, 1.82) is 0 Å². The zero-order valence-electron chi connectivity index (χ0n) is 12.9. The van der Waals surface area contributed by atoms with Crippen LogP contribution in [0.25, 0.3) is 0 Å². The van der Waals surface area contributed by atoms with Gasteiger partial charge in [-0.25, -0.2) is 4.79 Å². The van der Waals surface area contributed by atoms with Crippen LogP contribution in [0, 0.1) is 0 Å². The van der Waals surface area contributed by atoms with Crippen molar-refractivity contribution in [3.05, 3.63) is 28.8 Å². The van der Waals surface area contributed by atoms with Crippen LogP contribution in [-0.4, -0.2) is 23.1 Å². The number of nitrogens with two attached hydrogens (primary N) is 1. The molecule has 2 rings (SSSR count). The van der Waals surface area contributed by atoms with E-state index in [-0.39, 0.29) is 12.1 Å². The van der Waals surface area contributed by atoms with Crippen LogP contribution < -0.4 is 5.73 Å². The molecule has 21 heavy (non-hydrogen) atoms. The number of hydrogen-bond donors (Lipinski definition) is 1. The fourth-order valence-electron chi connectivity index (χ4n) is 2.61. The fourth-order valence-corrected chi connectivity index (χ4v) is 2.92. The van der Waals surface area contributed by atoms with Crippen molar-refractivity contribution in [3.63, 3.8) is 0 Å². The minimum Gasteiger partial charge on any atom is -0.444 e. The van der Waals surface area contributed by atoms with E-state index in [0.717, 1.165) is 24.8 Å². The second kappa shape index (κ2) is 6.14. The first-order valence-corrected chi connectivity index (χ1v) is 7.70. The zero-order valence-corrected chi connectivity index (χ0v) is 13.6. The number of anilines is 1. The second-order valence-electron chi connectivity index (χ2n) is 6.47. The molecule has 1 atom stereocenters. The Balaban J connectivity index is 2.24. The average molecular weight is 311 g/mol. The number of benzene rings is 1. The van der Waals surface area contributed by atoms with Gasteiger partial charge in [0.15, 0.2) is 0 Å². The van der Waals surface area contributed by atoms with Crippen molar-refractivity contribution in [2.75, 3.05) is 12.3 Å². The Labute approximate surface area is 131 Å². The first-order valence-electron chi connectivity index (χ1n) is 7.32. The molecule has 4 nitrogen and oxygen atoms in total. The fraction of sp³-hybridized carbons (Fsp3) is 0.562. The molecule has 2 N–H and O–H groups in total. The lowest BCUT2D eigenvalue weighted by molar-refractivity contribution is 0.00953. The number of carbonyl (C=O) groups is 1. The van der Waals surface area contributed by atoms with E-state index >= 15 is 0 Å². The Bertz CT molecular complexity index is 525. The molecule has 1 amide bonds. The highest BCUT2D eigenvalue weighted by molar-refractivity contribution is 6.31. The van der Waals surface area contributed by atoms with E-state index in [0.29, 0.717) is 17.3 Å². The quantitative estimate of drug-likeness (QED) is 0.783. The maximum Gasteiger partial charge on any atom is 0.410 e. The monoisotopic (exact) mass is 310 g/mol. The van der Waals surface area contributed by atoms with Crippen molar-refractivity contribution < 1.29 is 9.53 Å². The summed E-state index contributed by atoms with van der Waals surface area (Å²) in [6, 6.07) is 5.43. The van der Waals surface area contributed by atoms with E-state index in [1.165, 1.54) is 0 Å². The van der Waals surface area contributed by atoms with Crippen molar-refractivity contribution >= 4 is 23.4 Å². The molecular weight excluding hydrogens is 288 g/mol. The Morgan fingerprint density at radius 2 is 2.10 bits per heavy atom. The number of nitrogen functional groups attached to an aromatic ring is 1. The lowest BCUT2D eigenvalue weighted by Crippen LogP contribution is -2.41. The van der Waals surface area contributed by atoms with Crippen LogP contribution >= 0.6 is 11.6 Å². The van der Waals surface area contributed by atoms with Gasteiger partial charge in [0, 0.05) is 17.3 Å². The standard InChI is InChI=1S/C16H23ClN2O2/c1-16(2,3)21-15(20)19-9-5-4-6-14(19)12-8-7-11(18)10-13(12)17/h7-8,10,14H,4-6,9,18H2,1-3H3. The van der Waals surface area contributed by atoms with Gasteiger partial charge in [-0.3, -0.25) is 0 Å². The predicted molar refractivity (Wildman–Crippen MR) is 85.4 cm³/mol. The molecule has 5 heteroatoms. The number of halogens is 1. The number of ether oxygens (including phenoxy) is 1. The summed E-state index contributed by atoms with van der Waals surface area (Å²) >= 11 is 6.31. The van der Waals surface area contributed by atoms with Gasteiger partial charge in [0.2, 0.25) is 0 Å². The second-order valence-corrected chi connectivity index (χ2v) is 6.87. The molecular formula is C16H23ClN2O2. The molecule has 0 radical (unpaired) electrons. The van der Waals surface area contributed by atoms with E-state index < -0.39 is 5.60 Å². The molecule has 116 valence electrons. The molecule has 0 saturated carbocycles. The number of piperidine rings is 1. The molecule has 1 aliphatic rings. The molecule has 1 aliphatic heterocycles. The lowest BCUT2D eigenvalue weighted by atomic mass is 9.95. The zero-order chi connectivity index (χ0) is 15.6. The highest BCUT2D eigenvalue weighted by Crippen LogP contribution is 2.36. The number of hydrogen-bond acceptors (Lipinski definition) is 3. The van der Waals surface area contributed by atoms with Crippen LogP contribution in [0.15, 0.2) is 18.2 Å². The smallest absolute Gasteiger partial charge is 0.410 e. The molecule has 1 unspecified atom stereocenters. The topological polar surface area (TPSA) is 55.6 Å². The molecule has 0 spiro atoms. The van der Waals surface area contributed by atoms with Gasteiger partial charge in [-0.2, -0.15) is 0 Å². The van der Waals surface area contributed by atoms with E-state index in [1.807, 2.05) is 32.9 Å². The summed E-state index contributed by atoms with van der Waals surface area (Å²) in [6.07, 6.45) is 2.68. The van der Waals surface area contributed by atoms with Crippen LogP contribution in [0.3, 0.4) is 0 Å². The molecule has 1 heterocycles. The molecule has 1 aromatic carbocycles. The molecule has 0 aromatic heterocycles. The Hall–Kier alpha value is -1.42. The third-order valence-corrected chi connectivity index (χ3v) is 3.84.